The van der Waals surface area contributed by atoms with Crippen LogP contribution in [0.15, 0.2) is 30.6 Å². The van der Waals surface area contributed by atoms with Gasteiger partial charge in [0.1, 0.15) is 6.33 Å². The molecule has 2 aromatic heterocycles. The fourth-order valence-electron chi connectivity index (χ4n) is 4.87. The van der Waals surface area contributed by atoms with E-state index in [4.69, 9.17) is 4.74 Å². The molecule has 0 amide bonds. The second-order valence-corrected chi connectivity index (χ2v) is 8.49. The van der Waals surface area contributed by atoms with Gasteiger partial charge in [0.2, 0.25) is 11.6 Å². The fourth-order valence-corrected chi connectivity index (χ4v) is 4.87. The summed E-state index contributed by atoms with van der Waals surface area (Å²) in [6, 6.07) is 8.17. The van der Waals surface area contributed by atoms with E-state index in [-0.39, 0.29) is 23.1 Å². The highest BCUT2D eigenvalue weighted by molar-refractivity contribution is 5.85. The van der Waals surface area contributed by atoms with E-state index in [1.807, 2.05) is 32.9 Å². The van der Waals surface area contributed by atoms with Gasteiger partial charge in [-0.3, -0.25) is 19.8 Å². The summed E-state index contributed by atoms with van der Waals surface area (Å²) in [6.45, 7) is 5.77. The topological polar surface area (TPSA) is 121 Å². The monoisotopic (exact) mass is 465 g/mol. The van der Waals surface area contributed by atoms with Crippen molar-refractivity contribution in [2.24, 2.45) is 0 Å². The van der Waals surface area contributed by atoms with Gasteiger partial charge < -0.3 is 19.5 Å². The first-order valence-electron chi connectivity index (χ1n) is 11.5. The first-order valence-corrected chi connectivity index (χ1v) is 11.5. The predicted octanol–water partition coefficient (Wildman–Crippen LogP) is 2.11. The number of H-pyrrole nitrogens is 1. The number of aromatic amines is 1. The van der Waals surface area contributed by atoms with Crippen molar-refractivity contribution in [2.45, 2.75) is 19.9 Å². The van der Waals surface area contributed by atoms with E-state index in [9.17, 15) is 14.9 Å². The van der Waals surface area contributed by atoms with Crippen molar-refractivity contribution in [1.29, 1.82) is 0 Å². The molecule has 178 valence electrons. The SMILES string of the molecule is CCOC(=O)CN1CCN(c2ncnc(N3CCc4c([nH]c5ccccc45)C3)c2[N+](=O)[O-])CC1. The van der Waals surface area contributed by atoms with Crippen molar-refractivity contribution in [1.82, 2.24) is 19.9 Å². The van der Waals surface area contributed by atoms with E-state index >= 15 is 0 Å². The standard InChI is InChI=1S/C23H27N7O4/c1-2-34-20(31)14-27-9-11-28(12-10-27)22-21(30(32)33)23(25-15-24-22)29-8-7-17-16-5-3-4-6-18(16)26-19(17)13-29/h3-6,15,26H,2,7-14H2,1H3. The molecule has 5 rings (SSSR count). The molecule has 1 N–H and O–H groups in total. The Kier molecular flexibility index (Phi) is 6.01. The Morgan fingerprint density at radius 1 is 1.12 bits per heavy atom. The van der Waals surface area contributed by atoms with Crippen molar-refractivity contribution >= 4 is 34.2 Å². The van der Waals surface area contributed by atoms with E-state index in [1.54, 1.807) is 6.92 Å². The Hall–Kier alpha value is -3.73. The zero-order chi connectivity index (χ0) is 23.7. The number of carbonyl (C=O) groups is 1. The van der Waals surface area contributed by atoms with Crippen molar-refractivity contribution < 1.29 is 14.5 Å². The quantitative estimate of drug-likeness (QED) is 0.331. The van der Waals surface area contributed by atoms with Crippen LogP contribution < -0.4 is 9.80 Å². The van der Waals surface area contributed by atoms with Gasteiger partial charge in [-0.1, -0.05) is 18.2 Å². The lowest BCUT2D eigenvalue weighted by Gasteiger charge is -2.35. The fraction of sp³-hybridized carbons (Fsp3) is 0.435. The molecule has 0 bridgehead atoms. The lowest BCUT2D eigenvalue weighted by atomic mass is 10.0. The van der Waals surface area contributed by atoms with Crippen LogP contribution in [-0.2, 0) is 22.5 Å². The van der Waals surface area contributed by atoms with Gasteiger partial charge in [-0.2, -0.15) is 0 Å². The van der Waals surface area contributed by atoms with Gasteiger partial charge in [-0.15, -0.1) is 0 Å². The van der Waals surface area contributed by atoms with Crippen LogP contribution in [0, 0.1) is 10.1 Å². The number of nitrogens with zero attached hydrogens (tertiary/aromatic N) is 6. The second-order valence-electron chi connectivity index (χ2n) is 8.49. The number of aromatic nitrogens is 3. The van der Waals surface area contributed by atoms with Crippen LogP contribution >= 0.6 is 0 Å². The third-order valence-corrected chi connectivity index (χ3v) is 6.48. The number of hydrogen-bond acceptors (Lipinski definition) is 9. The highest BCUT2D eigenvalue weighted by Gasteiger charge is 2.33. The highest BCUT2D eigenvalue weighted by Crippen LogP contribution is 2.37. The third-order valence-electron chi connectivity index (χ3n) is 6.48. The molecule has 11 nitrogen and oxygen atoms in total. The number of nitrogens with one attached hydrogen (secondary N) is 1. The number of fused-ring (bicyclic) bond motifs is 3. The molecule has 3 aromatic rings. The van der Waals surface area contributed by atoms with E-state index in [0.29, 0.717) is 57.5 Å². The molecule has 0 atom stereocenters. The minimum atomic E-state index is -0.379. The number of esters is 1. The summed E-state index contributed by atoms with van der Waals surface area (Å²) in [7, 11) is 0. The zero-order valence-corrected chi connectivity index (χ0v) is 19.1. The van der Waals surface area contributed by atoms with Crippen LogP contribution in [0.5, 0.6) is 0 Å². The van der Waals surface area contributed by atoms with E-state index in [2.05, 4.69) is 21.0 Å². The maximum atomic E-state index is 12.2. The van der Waals surface area contributed by atoms with Crippen molar-refractivity contribution in [2.75, 3.05) is 55.7 Å². The first kappa shape index (κ1) is 22.1. The Morgan fingerprint density at radius 3 is 2.59 bits per heavy atom. The second kappa shape index (κ2) is 9.26. The lowest BCUT2D eigenvalue weighted by Crippen LogP contribution is -2.48. The molecular weight excluding hydrogens is 438 g/mol. The largest absolute Gasteiger partial charge is 0.465 e. The number of piperazine rings is 1. The Morgan fingerprint density at radius 2 is 1.85 bits per heavy atom. The smallest absolute Gasteiger partial charge is 0.353 e. The summed E-state index contributed by atoms with van der Waals surface area (Å²) in [5, 5.41) is 13.4. The van der Waals surface area contributed by atoms with Gasteiger partial charge in [-0.05, 0) is 25.0 Å². The molecule has 34 heavy (non-hydrogen) atoms. The number of nitro groups is 1. The van der Waals surface area contributed by atoms with E-state index in [0.717, 1.165) is 17.6 Å². The van der Waals surface area contributed by atoms with Crippen molar-refractivity contribution in [3.63, 3.8) is 0 Å². The summed E-state index contributed by atoms with van der Waals surface area (Å²) < 4.78 is 5.02. The zero-order valence-electron chi connectivity index (χ0n) is 19.1. The molecule has 2 aliphatic heterocycles. The van der Waals surface area contributed by atoms with Gasteiger partial charge in [-0.25, -0.2) is 9.97 Å². The first-order chi connectivity index (χ1) is 16.5. The Bertz CT molecular complexity index is 1220. The van der Waals surface area contributed by atoms with Crippen molar-refractivity contribution in [3.8, 4) is 0 Å². The molecule has 2 aliphatic rings. The normalized spacial score (nSPS) is 16.5. The maximum absolute atomic E-state index is 12.2. The summed E-state index contributed by atoms with van der Waals surface area (Å²) in [5.41, 5.74) is 3.34. The van der Waals surface area contributed by atoms with Gasteiger partial charge in [0.25, 0.3) is 0 Å². The van der Waals surface area contributed by atoms with Crippen LogP contribution in [0.1, 0.15) is 18.2 Å². The molecule has 0 saturated carbocycles. The predicted molar refractivity (Wildman–Crippen MR) is 127 cm³/mol. The van der Waals surface area contributed by atoms with Gasteiger partial charge >= 0.3 is 11.7 Å². The number of benzene rings is 1. The minimum absolute atomic E-state index is 0.0686. The Balaban J connectivity index is 1.37. The molecular formula is C23H27N7O4. The number of para-hydroxylation sites is 1. The van der Waals surface area contributed by atoms with Crippen LogP contribution in [0.4, 0.5) is 17.3 Å². The molecule has 1 fully saturated rings. The average molecular weight is 466 g/mol. The summed E-state index contributed by atoms with van der Waals surface area (Å²) in [5.74, 6) is 0.411. The molecule has 1 saturated heterocycles. The molecule has 1 aromatic carbocycles. The molecule has 0 aliphatic carbocycles. The van der Waals surface area contributed by atoms with E-state index in [1.165, 1.54) is 17.3 Å². The minimum Gasteiger partial charge on any atom is -0.465 e. The number of anilines is 2. The van der Waals surface area contributed by atoms with E-state index < -0.39 is 0 Å². The molecule has 4 heterocycles. The Labute approximate surface area is 196 Å². The molecule has 0 unspecified atom stereocenters. The lowest BCUT2D eigenvalue weighted by molar-refractivity contribution is -0.383. The van der Waals surface area contributed by atoms with Crippen LogP contribution in [0.2, 0.25) is 0 Å². The van der Waals surface area contributed by atoms with Crippen LogP contribution in [-0.4, -0.2) is 76.6 Å². The maximum Gasteiger partial charge on any atom is 0.353 e. The van der Waals surface area contributed by atoms with Crippen LogP contribution in [0.25, 0.3) is 10.9 Å². The average Bonchev–Trinajstić information content (AvgIpc) is 3.22. The van der Waals surface area contributed by atoms with Gasteiger partial charge in [0.15, 0.2) is 0 Å². The van der Waals surface area contributed by atoms with Crippen LogP contribution in [0.3, 0.4) is 0 Å². The number of hydrogen-bond donors (Lipinski definition) is 1. The summed E-state index contributed by atoms with van der Waals surface area (Å²) >= 11 is 0. The molecule has 0 radical (unpaired) electrons. The number of carbonyl (C=O) groups excluding carboxylic acids is 1. The number of ether oxygens (including phenoxy) is 1. The van der Waals surface area contributed by atoms with Crippen molar-refractivity contribution in [3.05, 3.63) is 52.0 Å². The van der Waals surface area contributed by atoms with Gasteiger partial charge in [0, 0.05) is 49.3 Å². The summed E-state index contributed by atoms with van der Waals surface area (Å²) in [4.78, 5) is 41.5. The molecule has 0 spiro atoms. The third kappa shape index (κ3) is 4.14. The molecule has 11 heteroatoms. The summed E-state index contributed by atoms with van der Waals surface area (Å²) in [6.07, 6.45) is 2.19. The number of rotatable bonds is 6. The van der Waals surface area contributed by atoms with Gasteiger partial charge in [0.05, 0.1) is 24.6 Å². The highest BCUT2D eigenvalue weighted by atomic mass is 16.6.